The zero-order chi connectivity index (χ0) is 26.9. The molecule has 1 aliphatic heterocycles. The van der Waals surface area contributed by atoms with E-state index in [0.29, 0.717) is 23.4 Å². The van der Waals surface area contributed by atoms with Gasteiger partial charge in [0.25, 0.3) is 11.8 Å². The molecule has 0 radical (unpaired) electrons. The molecular weight excluding hydrogens is 500 g/mol. The first-order valence-electron chi connectivity index (χ1n) is 13.0. The summed E-state index contributed by atoms with van der Waals surface area (Å²) in [7, 11) is 0. The summed E-state index contributed by atoms with van der Waals surface area (Å²) in [6, 6.07) is 31.9. The van der Waals surface area contributed by atoms with Crippen molar-refractivity contribution >= 4 is 34.5 Å². The molecule has 1 aliphatic rings. The molecule has 0 aliphatic carbocycles. The molecule has 192 valence electrons. The van der Waals surface area contributed by atoms with Gasteiger partial charge >= 0.3 is 0 Å². The second-order valence-corrected chi connectivity index (χ2v) is 10.9. The van der Waals surface area contributed by atoms with Crippen molar-refractivity contribution < 1.29 is 9.59 Å². The molecule has 2 amide bonds. The van der Waals surface area contributed by atoms with E-state index in [1.165, 1.54) is 5.56 Å². The maximum absolute atomic E-state index is 14.1. The molecule has 0 spiro atoms. The number of nitrogens with one attached hydrogen (secondary N) is 1. The maximum atomic E-state index is 14.1. The third kappa shape index (κ3) is 4.77. The Morgan fingerprint density at radius 2 is 1.46 bits per heavy atom. The van der Waals surface area contributed by atoms with Crippen LogP contribution in [-0.2, 0) is 13.0 Å². The summed E-state index contributed by atoms with van der Waals surface area (Å²) in [5.74, 6) is -0.209. The second-order valence-electron chi connectivity index (χ2n) is 9.92. The fraction of sp³-hybridized carbons (Fsp3) is 0.118. The third-order valence-electron chi connectivity index (χ3n) is 7.36. The number of carbonyl (C=O) groups excluding carboxylic acids is 2. The van der Waals surface area contributed by atoms with Crippen LogP contribution in [-0.4, -0.2) is 11.8 Å². The lowest BCUT2D eigenvalue weighted by Gasteiger charge is -2.25. The molecule has 1 aromatic heterocycles. The van der Waals surface area contributed by atoms with Gasteiger partial charge in [-0.05, 0) is 83.8 Å². The Hall–Kier alpha value is -4.48. The number of para-hydroxylation sites is 1. The number of rotatable bonds is 4. The molecule has 0 saturated carbocycles. The van der Waals surface area contributed by atoms with Crippen LogP contribution in [0.3, 0.4) is 0 Å². The fourth-order valence-corrected chi connectivity index (χ4v) is 6.06. The first-order valence-corrected chi connectivity index (χ1v) is 13.9. The molecule has 0 atom stereocenters. The average Bonchev–Trinajstić information content (AvgIpc) is 3.43. The molecule has 39 heavy (non-hydrogen) atoms. The van der Waals surface area contributed by atoms with Crippen molar-refractivity contribution in [2.24, 2.45) is 0 Å². The van der Waals surface area contributed by atoms with Gasteiger partial charge in [-0.3, -0.25) is 9.59 Å². The average molecular weight is 529 g/mol. The first-order chi connectivity index (χ1) is 19.0. The largest absolute Gasteiger partial charge is 0.322 e. The molecular formula is C34H28N2O2S. The van der Waals surface area contributed by atoms with Crippen molar-refractivity contribution in [3.8, 4) is 10.4 Å². The van der Waals surface area contributed by atoms with Crippen molar-refractivity contribution in [1.82, 2.24) is 0 Å². The molecule has 4 aromatic carbocycles. The van der Waals surface area contributed by atoms with Gasteiger partial charge in [0.1, 0.15) is 0 Å². The zero-order valence-corrected chi connectivity index (χ0v) is 22.7. The maximum Gasteiger partial charge on any atom is 0.258 e. The molecule has 5 heteroatoms. The van der Waals surface area contributed by atoms with E-state index < -0.39 is 0 Å². The van der Waals surface area contributed by atoms with E-state index in [4.69, 9.17) is 0 Å². The zero-order valence-electron chi connectivity index (χ0n) is 21.9. The minimum Gasteiger partial charge on any atom is -0.322 e. The van der Waals surface area contributed by atoms with E-state index in [0.717, 1.165) is 44.8 Å². The normalized spacial score (nSPS) is 12.3. The highest BCUT2D eigenvalue weighted by Gasteiger charge is 2.26. The second kappa shape index (κ2) is 10.4. The number of aryl methyl sites for hydroxylation is 2. The monoisotopic (exact) mass is 528 g/mol. The third-order valence-corrected chi connectivity index (χ3v) is 8.27. The summed E-state index contributed by atoms with van der Waals surface area (Å²) in [6.07, 6.45) is 0.798. The molecule has 4 nitrogen and oxygen atoms in total. The Balaban J connectivity index is 1.32. The SMILES string of the molecule is Cc1cc(C(=O)N2Cc3ccccc3Cc3ccccc32)c(C)cc1NC(=O)c1ccccc1-c1cccs1. The minimum atomic E-state index is -0.168. The van der Waals surface area contributed by atoms with Crippen molar-refractivity contribution in [3.05, 3.63) is 141 Å². The van der Waals surface area contributed by atoms with Crippen molar-refractivity contribution in [1.29, 1.82) is 0 Å². The molecule has 0 unspecified atom stereocenters. The number of benzene rings is 4. The van der Waals surface area contributed by atoms with Gasteiger partial charge in [-0.15, -0.1) is 11.3 Å². The van der Waals surface area contributed by atoms with Crippen LogP contribution in [0.5, 0.6) is 0 Å². The van der Waals surface area contributed by atoms with Crippen LogP contribution in [0, 0.1) is 13.8 Å². The first kappa shape index (κ1) is 24.8. The van der Waals surface area contributed by atoms with Gasteiger partial charge in [0.05, 0.1) is 6.54 Å². The Morgan fingerprint density at radius 1 is 0.744 bits per heavy atom. The van der Waals surface area contributed by atoms with Crippen LogP contribution < -0.4 is 10.2 Å². The quantitative estimate of drug-likeness (QED) is 0.257. The van der Waals surface area contributed by atoms with E-state index in [2.05, 4.69) is 29.6 Å². The van der Waals surface area contributed by atoms with E-state index in [9.17, 15) is 9.59 Å². The Labute approximate surface area is 232 Å². The van der Waals surface area contributed by atoms with E-state index in [1.807, 2.05) is 96.9 Å². The Bertz CT molecular complexity index is 1700. The van der Waals surface area contributed by atoms with E-state index in [1.54, 1.807) is 11.3 Å². The van der Waals surface area contributed by atoms with Crippen molar-refractivity contribution in [3.63, 3.8) is 0 Å². The summed E-state index contributed by atoms with van der Waals surface area (Å²) < 4.78 is 0. The number of fused-ring (bicyclic) bond motifs is 2. The highest BCUT2D eigenvalue weighted by molar-refractivity contribution is 7.13. The van der Waals surface area contributed by atoms with Crippen molar-refractivity contribution in [2.45, 2.75) is 26.8 Å². The number of thiophene rings is 1. The van der Waals surface area contributed by atoms with Crippen LogP contribution in [0.15, 0.2) is 102 Å². The van der Waals surface area contributed by atoms with Gasteiger partial charge in [-0.25, -0.2) is 0 Å². The summed E-state index contributed by atoms with van der Waals surface area (Å²) in [5, 5.41) is 5.10. The summed E-state index contributed by atoms with van der Waals surface area (Å²) >= 11 is 1.61. The molecule has 6 rings (SSSR count). The lowest BCUT2D eigenvalue weighted by Crippen LogP contribution is -2.31. The molecule has 1 N–H and O–H groups in total. The predicted molar refractivity (Wildman–Crippen MR) is 160 cm³/mol. The molecule has 2 heterocycles. The summed E-state index contributed by atoms with van der Waals surface area (Å²) in [4.78, 5) is 30.4. The van der Waals surface area contributed by atoms with Gasteiger partial charge in [-0.1, -0.05) is 66.7 Å². The highest BCUT2D eigenvalue weighted by atomic mass is 32.1. The Morgan fingerprint density at radius 3 is 2.26 bits per heavy atom. The van der Waals surface area contributed by atoms with Crippen LogP contribution in [0.25, 0.3) is 10.4 Å². The van der Waals surface area contributed by atoms with E-state index in [-0.39, 0.29) is 11.8 Å². The van der Waals surface area contributed by atoms with Crippen molar-refractivity contribution in [2.75, 3.05) is 10.2 Å². The van der Waals surface area contributed by atoms with E-state index >= 15 is 0 Å². The minimum absolute atomic E-state index is 0.0410. The smallest absolute Gasteiger partial charge is 0.258 e. The number of hydrogen-bond donors (Lipinski definition) is 1. The summed E-state index contributed by atoms with van der Waals surface area (Å²) in [6.45, 7) is 4.38. The number of amides is 2. The Kier molecular flexibility index (Phi) is 6.59. The topological polar surface area (TPSA) is 49.4 Å². The number of nitrogens with zero attached hydrogens (tertiary/aromatic N) is 1. The predicted octanol–water partition coefficient (Wildman–Crippen LogP) is 8.04. The van der Waals surface area contributed by atoms with Crippen LogP contribution in [0.2, 0.25) is 0 Å². The van der Waals surface area contributed by atoms with Crippen LogP contribution >= 0.6 is 11.3 Å². The standard InChI is InChI=1S/C34H28N2O2S/c1-22-19-30(35-33(37)28-14-7-6-13-27(28)32-16-9-17-39-32)23(2)18-29(22)34(38)36-21-26-12-4-3-10-24(26)20-25-11-5-8-15-31(25)36/h3-19H,20-21H2,1-2H3,(H,35,37). The summed E-state index contributed by atoms with van der Waals surface area (Å²) in [5.41, 5.74) is 9.02. The highest BCUT2D eigenvalue weighted by Crippen LogP contribution is 2.33. The molecule has 0 fully saturated rings. The van der Waals surface area contributed by atoms with Gasteiger partial charge < -0.3 is 10.2 Å². The fourth-order valence-electron chi connectivity index (χ4n) is 5.29. The van der Waals surface area contributed by atoms with Gasteiger partial charge in [0, 0.05) is 32.9 Å². The van der Waals surface area contributed by atoms with Crippen LogP contribution in [0.4, 0.5) is 11.4 Å². The lowest BCUT2D eigenvalue weighted by molar-refractivity contribution is 0.0983. The number of carbonyl (C=O) groups is 2. The lowest BCUT2D eigenvalue weighted by atomic mass is 10.0. The van der Waals surface area contributed by atoms with Crippen LogP contribution in [0.1, 0.15) is 48.5 Å². The van der Waals surface area contributed by atoms with Gasteiger partial charge in [-0.2, -0.15) is 0 Å². The van der Waals surface area contributed by atoms with Gasteiger partial charge in [0.2, 0.25) is 0 Å². The number of anilines is 2. The molecule has 5 aromatic rings. The molecule has 0 saturated heterocycles. The van der Waals surface area contributed by atoms with Gasteiger partial charge in [0.15, 0.2) is 0 Å². The number of hydrogen-bond acceptors (Lipinski definition) is 3. The molecule has 0 bridgehead atoms.